The second-order valence-corrected chi connectivity index (χ2v) is 27.4. The molecule has 178 valence electrons. The zero-order valence-electron chi connectivity index (χ0n) is 21.3. The fraction of sp³-hybridized carbons (Fsp3) is 0.842. The van der Waals surface area contributed by atoms with Crippen molar-refractivity contribution in [3.8, 4) is 0 Å². The standard InChI is InChI=1S/C19H45NO6Si4/c1-14-18(23-19(21)20(15-2)22-16-17(3)4)30(24-27(5,6)7,25-28(8,9)10)26-29(11,12)13/h18H,3,14-16H2,1-2,4-13H3. The van der Waals surface area contributed by atoms with Gasteiger partial charge in [0, 0.05) is 6.54 Å². The Bertz CT molecular complexity index is 528. The number of rotatable bonds is 13. The summed E-state index contributed by atoms with van der Waals surface area (Å²) in [7, 11) is -9.59. The second kappa shape index (κ2) is 11.5. The zero-order chi connectivity index (χ0) is 24.0. The summed E-state index contributed by atoms with van der Waals surface area (Å²) >= 11 is 0. The van der Waals surface area contributed by atoms with Crippen LogP contribution in [0.25, 0.3) is 0 Å². The van der Waals surface area contributed by atoms with Crippen molar-refractivity contribution in [2.75, 3.05) is 13.2 Å². The Morgan fingerprint density at radius 1 is 0.867 bits per heavy atom. The number of carbonyl (C=O) groups is 1. The first-order chi connectivity index (χ1) is 13.3. The molecule has 0 aliphatic carbocycles. The molecular formula is C19H45NO6Si4. The van der Waals surface area contributed by atoms with Gasteiger partial charge in [0.2, 0.25) is 0 Å². The molecule has 0 spiro atoms. The summed E-state index contributed by atoms with van der Waals surface area (Å²) in [5.74, 6) is 0. The molecule has 0 aliphatic rings. The van der Waals surface area contributed by atoms with Crippen molar-refractivity contribution in [2.45, 2.75) is 91.8 Å². The number of ether oxygens (including phenoxy) is 1. The number of hydrogen-bond acceptors (Lipinski definition) is 6. The number of hydrogen-bond donors (Lipinski definition) is 0. The molecule has 1 atom stereocenters. The van der Waals surface area contributed by atoms with Crippen LogP contribution in [0.15, 0.2) is 12.2 Å². The van der Waals surface area contributed by atoms with E-state index in [0.717, 1.165) is 5.57 Å². The van der Waals surface area contributed by atoms with Crippen molar-refractivity contribution in [1.29, 1.82) is 0 Å². The van der Waals surface area contributed by atoms with Gasteiger partial charge in [0.05, 0.1) is 6.61 Å². The smallest absolute Gasteiger partial charge is 0.440 e. The van der Waals surface area contributed by atoms with Gasteiger partial charge in [0.1, 0.15) is 0 Å². The lowest BCUT2D eigenvalue weighted by Gasteiger charge is -2.45. The number of nitrogens with zero attached hydrogens (tertiary/aromatic N) is 1. The molecule has 0 aliphatic heterocycles. The van der Waals surface area contributed by atoms with Gasteiger partial charge in [-0.1, -0.05) is 19.1 Å². The highest BCUT2D eigenvalue weighted by atomic mass is 28.5. The molecule has 1 unspecified atom stereocenters. The number of hydroxylamine groups is 2. The Balaban J connectivity index is 6.09. The van der Waals surface area contributed by atoms with Crippen LogP contribution in [0.2, 0.25) is 58.9 Å². The number of carbonyl (C=O) groups excluding carboxylic acids is 1. The van der Waals surface area contributed by atoms with E-state index in [-0.39, 0.29) is 6.61 Å². The van der Waals surface area contributed by atoms with Crippen molar-refractivity contribution >= 4 is 39.8 Å². The average Bonchev–Trinajstić information content (AvgIpc) is 2.47. The molecule has 0 bridgehead atoms. The summed E-state index contributed by atoms with van der Waals surface area (Å²) < 4.78 is 26.1. The van der Waals surface area contributed by atoms with E-state index in [4.69, 9.17) is 21.9 Å². The fourth-order valence-corrected chi connectivity index (χ4v) is 16.8. The third kappa shape index (κ3) is 11.9. The molecule has 0 aromatic heterocycles. The van der Waals surface area contributed by atoms with Crippen LogP contribution >= 0.6 is 0 Å². The Labute approximate surface area is 188 Å². The van der Waals surface area contributed by atoms with Gasteiger partial charge < -0.3 is 17.1 Å². The van der Waals surface area contributed by atoms with Crippen LogP contribution in [0.4, 0.5) is 4.79 Å². The molecule has 0 radical (unpaired) electrons. The van der Waals surface area contributed by atoms with E-state index in [1.54, 1.807) is 0 Å². The summed E-state index contributed by atoms with van der Waals surface area (Å²) in [6.07, 6.45) is -0.0184. The molecular weight excluding hydrogens is 451 g/mol. The molecule has 0 saturated carbocycles. The van der Waals surface area contributed by atoms with E-state index in [0.29, 0.717) is 13.0 Å². The maximum Gasteiger partial charge on any atom is 0.512 e. The molecule has 0 aromatic carbocycles. The summed E-state index contributed by atoms with van der Waals surface area (Å²) in [5, 5.41) is 1.22. The van der Waals surface area contributed by atoms with Crippen molar-refractivity contribution < 1.29 is 26.7 Å². The van der Waals surface area contributed by atoms with Crippen LogP contribution in [0.1, 0.15) is 27.2 Å². The lowest BCUT2D eigenvalue weighted by Crippen LogP contribution is -2.68. The third-order valence-corrected chi connectivity index (χ3v) is 15.4. The van der Waals surface area contributed by atoms with Crippen molar-refractivity contribution in [1.82, 2.24) is 5.06 Å². The molecule has 1 amide bonds. The van der Waals surface area contributed by atoms with Gasteiger partial charge in [0.15, 0.2) is 30.7 Å². The maximum atomic E-state index is 12.9. The summed E-state index contributed by atoms with van der Waals surface area (Å²) in [6, 6.07) is 0. The van der Waals surface area contributed by atoms with Crippen LogP contribution in [-0.4, -0.2) is 63.8 Å². The molecule has 0 aromatic rings. The molecule has 0 rings (SSSR count). The molecule has 0 saturated heterocycles. The molecule has 30 heavy (non-hydrogen) atoms. The minimum absolute atomic E-state index is 0.254. The Hall–Kier alpha value is -0.282. The van der Waals surface area contributed by atoms with Crippen LogP contribution in [0.3, 0.4) is 0 Å². The predicted octanol–water partition coefficient (Wildman–Crippen LogP) is 5.76. The van der Waals surface area contributed by atoms with Crippen LogP contribution in [0.5, 0.6) is 0 Å². The van der Waals surface area contributed by atoms with E-state index in [1.807, 2.05) is 20.8 Å². The summed E-state index contributed by atoms with van der Waals surface area (Å²) in [5.41, 5.74) is 0.223. The quantitative estimate of drug-likeness (QED) is 0.184. The predicted molar refractivity (Wildman–Crippen MR) is 133 cm³/mol. The SMILES string of the molecule is C=C(C)CON(CC)C(=O)OC(CC)[Si](O[Si](C)(C)C)(O[Si](C)(C)C)O[Si](C)(C)C. The van der Waals surface area contributed by atoms with Crippen molar-refractivity contribution in [3.63, 3.8) is 0 Å². The normalized spacial score (nSPS) is 14.4. The van der Waals surface area contributed by atoms with Crippen LogP contribution in [0, 0.1) is 0 Å². The lowest BCUT2D eigenvalue weighted by atomic mass is 10.4. The summed E-state index contributed by atoms with van der Waals surface area (Å²) in [4.78, 5) is 18.5. The van der Waals surface area contributed by atoms with E-state index < -0.39 is 45.6 Å². The molecule has 11 heteroatoms. The monoisotopic (exact) mass is 495 g/mol. The molecule has 0 N–H and O–H groups in total. The van der Waals surface area contributed by atoms with Gasteiger partial charge in [-0.05, 0) is 79.2 Å². The zero-order valence-corrected chi connectivity index (χ0v) is 25.3. The minimum Gasteiger partial charge on any atom is -0.440 e. The van der Waals surface area contributed by atoms with Gasteiger partial charge in [-0.3, -0.25) is 4.84 Å². The van der Waals surface area contributed by atoms with Crippen LogP contribution in [-0.2, 0) is 21.9 Å². The Morgan fingerprint density at radius 3 is 1.53 bits per heavy atom. The van der Waals surface area contributed by atoms with Gasteiger partial charge in [-0.2, -0.15) is 5.06 Å². The Morgan fingerprint density at radius 2 is 1.27 bits per heavy atom. The van der Waals surface area contributed by atoms with Gasteiger partial charge in [0.25, 0.3) is 0 Å². The molecule has 0 fully saturated rings. The highest BCUT2D eigenvalue weighted by Crippen LogP contribution is 2.31. The van der Waals surface area contributed by atoms with Gasteiger partial charge >= 0.3 is 14.9 Å². The van der Waals surface area contributed by atoms with E-state index in [9.17, 15) is 4.79 Å². The van der Waals surface area contributed by atoms with E-state index in [1.165, 1.54) is 5.06 Å². The third-order valence-electron chi connectivity index (χ3n) is 3.31. The van der Waals surface area contributed by atoms with Crippen LogP contribution < -0.4 is 0 Å². The largest absolute Gasteiger partial charge is 0.512 e. The average molecular weight is 496 g/mol. The Kier molecular flexibility index (Phi) is 11.4. The highest BCUT2D eigenvalue weighted by molar-refractivity contribution is 6.90. The topological polar surface area (TPSA) is 66.5 Å². The van der Waals surface area contributed by atoms with Crippen molar-refractivity contribution in [2.24, 2.45) is 0 Å². The minimum atomic E-state index is -3.36. The fourth-order valence-electron chi connectivity index (χ4n) is 2.59. The number of amides is 1. The van der Waals surface area contributed by atoms with Crippen molar-refractivity contribution in [3.05, 3.63) is 12.2 Å². The first-order valence-corrected chi connectivity index (χ1v) is 22.7. The first kappa shape index (κ1) is 29.7. The van der Waals surface area contributed by atoms with Gasteiger partial charge in [-0.25, -0.2) is 4.79 Å². The second-order valence-electron chi connectivity index (χ2n) is 10.5. The molecule has 0 heterocycles. The lowest BCUT2D eigenvalue weighted by molar-refractivity contribution is -0.129. The maximum absolute atomic E-state index is 12.9. The highest BCUT2D eigenvalue weighted by Gasteiger charge is 2.57. The molecule has 7 nitrogen and oxygen atoms in total. The first-order valence-electron chi connectivity index (χ1n) is 10.7. The van der Waals surface area contributed by atoms with E-state index >= 15 is 0 Å². The summed E-state index contributed by atoms with van der Waals surface area (Å²) in [6.45, 7) is 29.1. The van der Waals surface area contributed by atoms with Gasteiger partial charge in [-0.15, -0.1) is 0 Å². The van der Waals surface area contributed by atoms with E-state index in [2.05, 4.69) is 65.5 Å².